The summed E-state index contributed by atoms with van der Waals surface area (Å²) in [4.78, 5) is 27.1. The van der Waals surface area contributed by atoms with E-state index in [0.717, 1.165) is 0 Å². The first-order chi connectivity index (χ1) is 10.1. The highest BCUT2D eigenvalue weighted by Crippen LogP contribution is 2.25. The van der Waals surface area contributed by atoms with Gasteiger partial charge in [-0.1, -0.05) is 0 Å². The largest absolute Gasteiger partial charge is 0.467 e. The monoisotopic (exact) mass is 293 g/mol. The number of esters is 1. The average molecular weight is 293 g/mol. The number of methoxy groups -OCH3 is 1. The van der Waals surface area contributed by atoms with Crippen molar-refractivity contribution in [3.8, 4) is 11.6 Å². The first kappa shape index (κ1) is 14.8. The van der Waals surface area contributed by atoms with Crippen LogP contribution in [0.2, 0.25) is 0 Å². The second-order valence-electron chi connectivity index (χ2n) is 4.29. The number of nitrogens with zero attached hydrogens (tertiary/aromatic N) is 2. The summed E-state index contributed by atoms with van der Waals surface area (Å²) in [6, 6.07) is 2.28. The number of ether oxygens (including phenoxy) is 1. The second kappa shape index (κ2) is 6.23. The van der Waals surface area contributed by atoms with Crippen LogP contribution in [0.4, 0.5) is 0 Å². The molecule has 0 saturated carbocycles. The zero-order chi connectivity index (χ0) is 15.4. The number of aromatic nitrogens is 2. The van der Waals surface area contributed by atoms with Crippen molar-refractivity contribution in [2.45, 2.75) is 19.1 Å². The molecule has 0 spiro atoms. The van der Waals surface area contributed by atoms with Crippen molar-refractivity contribution in [1.82, 2.24) is 9.55 Å². The fourth-order valence-corrected chi connectivity index (χ4v) is 1.96. The Morgan fingerprint density at radius 3 is 2.86 bits per heavy atom. The molecule has 2 aromatic rings. The van der Waals surface area contributed by atoms with Crippen molar-refractivity contribution in [2.75, 3.05) is 7.11 Å². The minimum atomic E-state index is -0.923. The van der Waals surface area contributed by atoms with E-state index in [2.05, 4.69) is 9.72 Å². The Bertz CT molecular complexity index is 646. The minimum absolute atomic E-state index is 0.219. The predicted octanol–water partition coefficient (Wildman–Crippen LogP) is 0.225. The van der Waals surface area contributed by atoms with Crippen LogP contribution >= 0.6 is 0 Å². The van der Waals surface area contributed by atoms with E-state index in [0.29, 0.717) is 17.3 Å². The van der Waals surface area contributed by atoms with E-state index in [1.165, 1.54) is 24.1 Å². The number of primary amides is 1. The third-order valence-electron chi connectivity index (χ3n) is 2.91. The van der Waals surface area contributed by atoms with Gasteiger partial charge in [-0.25, -0.2) is 9.78 Å². The van der Waals surface area contributed by atoms with Crippen LogP contribution in [-0.2, 0) is 20.9 Å². The summed E-state index contributed by atoms with van der Waals surface area (Å²) in [7, 11) is 1.23. The highest BCUT2D eigenvalue weighted by atomic mass is 16.5. The number of carbonyl (C=O) groups is 2. The maximum absolute atomic E-state index is 11.8. The van der Waals surface area contributed by atoms with Crippen LogP contribution in [0.1, 0.15) is 18.2 Å². The molecule has 0 aromatic carbocycles. The maximum Gasteiger partial charge on any atom is 0.329 e. The summed E-state index contributed by atoms with van der Waals surface area (Å²) >= 11 is 0. The smallest absolute Gasteiger partial charge is 0.329 e. The number of carbonyl (C=O) groups excluding carboxylic acids is 2. The lowest BCUT2D eigenvalue weighted by Gasteiger charge is -2.16. The summed E-state index contributed by atoms with van der Waals surface area (Å²) in [5.41, 5.74) is 5.17. The van der Waals surface area contributed by atoms with Crippen LogP contribution in [0.3, 0.4) is 0 Å². The van der Waals surface area contributed by atoms with Gasteiger partial charge in [0.05, 0.1) is 13.5 Å². The van der Waals surface area contributed by atoms with E-state index in [1.54, 1.807) is 12.1 Å². The molecule has 8 nitrogen and oxygen atoms in total. The Morgan fingerprint density at radius 2 is 2.29 bits per heavy atom. The van der Waals surface area contributed by atoms with Crippen LogP contribution in [0.15, 0.2) is 28.9 Å². The normalized spacial score (nSPS) is 12.1. The number of hydrogen-bond donors (Lipinski definition) is 2. The van der Waals surface area contributed by atoms with Gasteiger partial charge in [-0.15, -0.1) is 0 Å². The third-order valence-corrected chi connectivity index (χ3v) is 2.91. The number of aliphatic hydroxyl groups excluding tert-OH is 1. The Morgan fingerprint density at radius 1 is 1.52 bits per heavy atom. The van der Waals surface area contributed by atoms with Gasteiger partial charge >= 0.3 is 5.97 Å². The highest BCUT2D eigenvalue weighted by molar-refractivity contribution is 5.83. The number of furan rings is 1. The number of nitrogens with two attached hydrogens (primary N) is 1. The molecule has 8 heteroatoms. The summed E-state index contributed by atoms with van der Waals surface area (Å²) in [5, 5.41) is 9.02. The molecule has 2 heterocycles. The minimum Gasteiger partial charge on any atom is -0.467 e. The summed E-state index contributed by atoms with van der Waals surface area (Å²) in [6.07, 6.45) is 2.78. The Hall–Kier alpha value is -2.61. The van der Waals surface area contributed by atoms with E-state index in [4.69, 9.17) is 15.3 Å². The van der Waals surface area contributed by atoms with Gasteiger partial charge in [0.2, 0.25) is 5.91 Å². The molecule has 0 radical (unpaired) electrons. The fraction of sp³-hybridized carbons (Fsp3) is 0.308. The van der Waals surface area contributed by atoms with Crippen molar-refractivity contribution in [3.05, 3.63) is 30.3 Å². The van der Waals surface area contributed by atoms with E-state index in [9.17, 15) is 9.59 Å². The van der Waals surface area contributed by atoms with Gasteiger partial charge in [0, 0.05) is 12.4 Å². The van der Waals surface area contributed by atoms with Gasteiger partial charge in [0.1, 0.15) is 18.4 Å². The van der Waals surface area contributed by atoms with Gasteiger partial charge < -0.3 is 24.6 Å². The Balaban J connectivity index is 2.40. The molecule has 1 atom stereocenters. The third kappa shape index (κ3) is 3.11. The molecule has 1 amide bonds. The van der Waals surface area contributed by atoms with E-state index < -0.39 is 17.9 Å². The van der Waals surface area contributed by atoms with Crippen molar-refractivity contribution >= 4 is 11.9 Å². The van der Waals surface area contributed by atoms with Crippen LogP contribution in [0.25, 0.3) is 11.6 Å². The number of aliphatic hydroxyl groups is 1. The molecule has 0 fully saturated rings. The molecule has 0 aliphatic rings. The number of amides is 1. The molecule has 0 saturated heterocycles. The molecule has 0 bridgehead atoms. The number of imidazole rings is 1. The first-order valence-electron chi connectivity index (χ1n) is 6.15. The summed E-state index contributed by atoms with van der Waals surface area (Å²) in [5.74, 6) is -0.180. The summed E-state index contributed by atoms with van der Waals surface area (Å²) in [6.45, 7) is -0.248. The van der Waals surface area contributed by atoms with E-state index in [-0.39, 0.29) is 13.0 Å². The van der Waals surface area contributed by atoms with Gasteiger partial charge in [-0.3, -0.25) is 4.79 Å². The lowest BCUT2D eigenvalue weighted by molar-refractivity contribution is -0.146. The predicted molar refractivity (Wildman–Crippen MR) is 70.7 cm³/mol. The van der Waals surface area contributed by atoms with Crippen molar-refractivity contribution in [1.29, 1.82) is 0 Å². The van der Waals surface area contributed by atoms with Gasteiger partial charge in [-0.2, -0.15) is 0 Å². The average Bonchev–Trinajstić information content (AvgIpc) is 3.11. The Kier molecular flexibility index (Phi) is 4.39. The van der Waals surface area contributed by atoms with Crippen molar-refractivity contribution < 1.29 is 23.8 Å². The molecule has 2 rings (SSSR count). The highest BCUT2D eigenvalue weighted by Gasteiger charge is 2.26. The lowest BCUT2D eigenvalue weighted by atomic mass is 10.2. The van der Waals surface area contributed by atoms with E-state index >= 15 is 0 Å². The zero-order valence-electron chi connectivity index (χ0n) is 11.4. The SMILES string of the molecule is COC(=O)[C@H](CC(N)=O)n1ccnc1-c1ccc(CO)o1. The fourth-order valence-electron chi connectivity index (χ4n) is 1.96. The van der Waals surface area contributed by atoms with Crippen LogP contribution in [-0.4, -0.2) is 33.6 Å². The second-order valence-corrected chi connectivity index (χ2v) is 4.29. The Labute approximate surface area is 120 Å². The lowest BCUT2D eigenvalue weighted by Crippen LogP contribution is -2.26. The molecular formula is C13H15N3O5. The molecule has 2 aromatic heterocycles. The van der Waals surface area contributed by atoms with E-state index in [1.807, 2.05) is 0 Å². The molecule has 0 aliphatic heterocycles. The molecule has 0 unspecified atom stereocenters. The van der Waals surface area contributed by atoms with Crippen molar-refractivity contribution in [2.24, 2.45) is 5.73 Å². The van der Waals surface area contributed by atoms with Gasteiger partial charge in [-0.05, 0) is 12.1 Å². The molecule has 3 N–H and O–H groups in total. The molecule has 21 heavy (non-hydrogen) atoms. The molecule has 0 aliphatic carbocycles. The first-order valence-corrected chi connectivity index (χ1v) is 6.15. The number of hydrogen-bond acceptors (Lipinski definition) is 6. The van der Waals surface area contributed by atoms with Gasteiger partial charge in [0.25, 0.3) is 0 Å². The van der Waals surface area contributed by atoms with Gasteiger partial charge in [0.15, 0.2) is 11.6 Å². The van der Waals surface area contributed by atoms with Crippen LogP contribution in [0, 0.1) is 0 Å². The number of rotatable bonds is 6. The van der Waals surface area contributed by atoms with Crippen molar-refractivity contribution in [3.63, 3.8) is 0 Å². The maximum atomic E-state index is 11.8. The quantitative estimate of drug-likeness (QED) is 0.735. The standard InChI is InChI=1S/C13H15N3O5/c1-20-13(19)9(6-11(14)18)16-5-4-15-12(16)10-3-2-8(7-17)21-10/h2-5,9,17H,6-7H2,1H3,(H2,14,18)/t9-/m0/s1. The van der Waals surface area contributed by atoms with Crippen LogP contribution in [0.5, 0.6) is 0 Å². The zero-order valence-corrected chi connectivity index (χ0v) is 11.4. The summed E-state index contributed by atoms with van der Waals surface area (Å²) < 4.78 is 11.5. The van der Waals surface area contributed by atoms with Crippen LogP contribution < -0.4 is 5.73 Å². The molecular weight excluding hydrogens is 278 g/mol. The topological polar surface area (TPSA) is 121 Å². The molecule has 112 valence electrons.